The first kappa shape index (κ1) is 25.7. The first-order valence-electron chi connectivity index (χ1n) is 11.4. The van der Waals surface area contributed by atoms with E-state index in [1.54, 1.807) is 38.1 Å². The number of benzene rings is 1. The molecule has 0 saturated carbocycles. The second kappa shape index (κ2) is 10.3. The van der Waals surface area contributed by atoms with Crippen LogP contribution in [0.25, 0.3) is 22.5 Å². The number of H-pyrrole nitrogens is 1. The van der Waals surface area contributed by atoms with Crippen molar-refractivity contribution in [1.29, 1.82) is 0 Å². The van der Waals surface area contributed by atoms with Crippen molar-refractivity contribution in [2.45, 2.75) is 26.4 Å². The number of aromatic amines is 1. The molecule has 9 nitrogen and oxygen atoms in total. The number of alkyl halides is 3. The minimum absolute atomic E-state index is 0.0969. The number of pyridine rings is 1. The number of rotatable bonds is 5. The Hall–Kier alpha value is -4.35. The van der Waals surface area contributed by atoms with Gasteiger partial charge in [-0.15, -0.1) is 5.06 Å². The zero-order chi connectivity index (χ0) is 26.7. The summed E-state index contributed by atoms with van der Waals surface area (Å²) < 4.78 is 43.6. The van der Waals surface area contributed by atoms with E-state index in [0.29, 0.717) is 41.0 Å². The van der Waals surface area contributed by atoms with Crippen LogP contribution in [0.1, 0.15) is 29.9 Å². The number of aromatic nitrogens is 2. The van der Waals surface area contributed by atoms with E-state index in [9.17, 15) is 27.6 Å². The highest BCUT2D eigenvalue weighted by Crippen LogP contribution is 2.30. The number of carbonyl (C=O) groups is 3. The molecule has 0 fully saturated rings. The lowest BCUT2D eigenvalue weighted by molar-refractivity contribution is -0.200. The van der Waals surface area contributed by atoms with Crippen LogP contribution in [0.3, 0.4) is 0 Å². The average molecular weight is 516 g/mol. The molecule has 0 atom stereocenters. The Morgan fingerprint density at radius 2 is 1.92 bits per heavy atom. The number of carbonyl (C=O) groups excluding carboxylic acids is 3. The topological polar surface area (TPSA) is 114 Å². The van der Waals surface area contributed by atoms with Gasteiger partial charge in [-0.25, -0.2) is 9.59 Å². The molecule has 2 N–H and O–H groups in total. The smallest absolute Gasteiger partial charge is 0.447 e. The highest BCUT2D eigenvalue weighted by Gasteiger charge is 2.44. The van der Waals surface area contributed by atoms with Crippen molar-refractivity contribution >= 4 is 23.7 Å². The molecular formula is C25H23F3N4O5. The quantitative estimate of drug-likeness (QED) is 0.478. The molecule has 1 aromatic carbocycles. The second-order valence-electron chi connectivity index (χ2n) is 8.70. The van der Waals surface area contributed by atoms with Gasteiger partial charge in [0.2, 0.25) is 0 Å². The fraction of sp³-hybridized carbons (Fsp3) is 0.280. The van der Waals surface area contributed by atoms with Crippen molar-refractivity contribution in [2.75, 3.05) is 18.2 Å². The number of amides is 2. The molecule has 3 heterocycles. The molecule has 0 bridgehead atoms. The Morgan fingerprint density at radius 1 is 1.14 bits per heavy atom. The number of nitrogens with one attached hydrogen (secondary N) is 2. The van der Waals surface area contributed by atoms with E-state index in [0.717, 1.165) is 5.69 Å². The predicted molar refractivity (Wildman–Crippen MR) is 126 cm³/mol. The molecule has 4 rings (SSSR count). The summed E-state index contributed by atoms with van der Waals surface area (Å²) in [5.41, 5.74) is 3.48. The molecule has 0 unspecified atom stereocenters. The van der Waals surface area contributed by atoms with Crippen LogP contribution in [-0.4, -0.2) is 47.3 Å². The van der Waals surface area contributed by atoms with Crippen LogP contribution >= 0.6 is 0 Å². The number of halogens is 3. The Balaban J connectivity index is 1.65. The van der Waals surface area contributed by atoms with E-state index >= 15 is 0 Å². The lowest BCUT2D eigenvalue weighted by atomic mass is 10.1. The van der Waals surface area contributed by atoms with E-state index in [-0.39, 0.29) is 29.2 Å². The third-order valence-electron chi connectivity index (χ3n) is 5.36. The first-order chi connectivity index (χ1) is 17.5. The van der Waals surface area contributed by atoms with Gasteiger partial charge in [0.15, 0.2) is 0 Å². The molecule has 12 heteroatoms. The molecular weight excluding hydrogens is 493 g/mol. The lowest BCUT2D eigenvalue weighted by Crippen LogP contribution is -2.39. The van der Waals surface area contributed by atoms with Gasteiger partial charge in [-0.3, -0.25) is 9.78 Å². The van der Waals surface area contributed by atoms with Crippen LogP contribution in [-0.2, 0) is 20.8 Å². The maximum Gasteiger partial charge on any atom is 0.493 e. The highest BCUT2D eigenvalue weighted by atomic mass is 19.4. The van der Waals surface area contributed by atoms with Crippen molar-refractivity contribution in [2.24, 2.45) is 5.92 Å². The SMILES string of the molecule is CC(C)COC(=O)N(OC(=O)C(F)(F)F)c1cccc(-c2cc(-c3cc4c([nH]3)CCNC4=O)ccn2)c1. The van der Waals surface area contributed by atoms with E-state index in [1.807, 2.05) is 0 Å². The molecule has 0 saturated heterocycles. The van der Waals surface area contributed by atoms with Crippen LogP contribution in [0.2, 0.25) is 0 Å². The Labute approximate surface area is 209 Å². The Kier molecular flexibility index (Phi) is 7.18. The van der Waals surface area contributed by atoms with Crippen LogP contribution in [0, 0.1) is 5.92 Å². The molecule has 1 aliphatic rings. The number of fused-ring (bicyclic) bond motifs is 1. The van der Waals surface area contributed by atoms with Gasteiger partial charge in [0.25, 0.3) is 5.91 Å². The summed E-state index contributed by atoms with van der Waals surface area (Å²) in [4.78, 5) is 48.1. The average Bonchev–Trinajstić information content (AvgIpc) is 3.31. The van der Waals surface area contributed by atoms with Crippen molar-refractivity contribution in [3.8, 4) is 22.5 Å². The maximum atomic E-state index is 12.9. The van der Waals surface area contributed by atoms with E-state index in [1.165, 1.54) is 24.4 Å². The molecule has 37 heavy (non-hydrogen) atoms. The minimum Gasteiger partial charge on any atom is -0.447 e. The summed E-state index contributed by atoms with van der Waals surface area (Å²) in [5.74, 6) is -2.84. The van der Waals surface area contributed by atoms with E-state index < -0.39 is 18.2 Å². The third-order valence-corrected chi connectivity index (χ3v) is 5.36. The number of hydrogen-bond donors (Lipinski definition) is 2. The molecule has 1 aliphatic heterocycles. The Morgan fingerprint density at radius 3 is 2.62 bits per heavy atom. The van der Waals surface area contributed by atoms with Crippen molar-refractivity contribution < 1.29 is 37.1 Å². The first-order valence-corrected chi connectivity index (χ1v) is 11.4. The standard InChI is InChI=1S/C25H23F3N4O5/c1-14(2)13-36-24(35)32(37-23(34)25(26,27)28)17-5-3-4-15(10-17)20-11-16(6-8-29-20)21-12-18-19(31-21)7-9-30-22(18)33/h3-6,8,10-12,14,31H,7,9,13H2,1-2H3,(H,30,33). The second-order valence-corrected chi connectivity index (χ2v) is 8.70. The van der Waals surface area contributed by atoms with E-state index in [2.05, 4.69) is 20.1 Å². The highest BCUT2D eigenvalue weighted by molar-refractivity contribution is 5.98. The van der Waals surface area contributed by atoms with Crippen molar-refractivity contribution in [3.05, 3.63) is 59.9 Å². The van der Waals surface area contributed by atoms with Crippen LogP contribution < -0.4 is 10.4 Å². The zero-order valence-electron chi connectivity index (χ0n) is 19.9. The molecule has 3 aromatic rings. The summed E-state index contributed by atoms with van der Waals surface area (Å²) in [6, 6.07) is 10.9. The fourth-order valence-corrected chi connectivity index (χ4v) is 3.62. The molecule has 2 amide bonds. The van der Waals surface area contributed by atoms with Gasteiger partial charge in [0, 0.05) is 41.7 Å². The maximum absolute atomic E-state index is 12.9. The summed E-state index contributed by atoms with van der Waals surface area (Å²) >= 11 is 0. The van der Waals surface area contributed by atoms with Gasteiger partial charge < -0.3 is 19.9 Å². The monoisotopic (exact) mass is 516 g/mol. The van der Waals surface area contributed by atoms with Gasteiger partial charge >= 0.3 is 18.2 Å². The van der Waals surface area contributed by atoms with Crippen molar-refractivity contribution in [1.82, 2.24) is 15.3 Å². The fourth-order valence-electron chi connectivity index (χ4n) is 3.62. The summed E-state index contributed by atoms with van der Waals surface area (Å²) in [5, 5.41) is 2.95. The van der Waals surface area contributed by atoms with Gasteiger partial charge in [0.05, 0.1) is 23.6 Å². The van der Waals surface area contributed by atoms with E-state index in [4.69, 9.17) is 4.74 Å². The largest absolute Gasteiger partial charge is 0.493 e. The number of hydroxylamine groups is 1. The zero-order valence-corrected chi connectivity index (χ0v) is 19.9. The summed E-state index contributed by atoms with van der Waals surface area (Å²) in [7, 11) is 0. The Bertz CT molecular complexity index is 1340. The van der Waals surface area contributed by atoms with Crippen LogP contribution in [0.4, 0.5) is 23.7 Å². The number of nitrogens with zero attached hydrogens (tertiary/aromatic N) is 2. The molecule has 194 valence electrons. The summed E-state index contributed by atoms with van der Waals surface area (Å²) in [6.45, 7) is 3.92. The minimum atomic E-state index is -5.32. The normalized spacial score (nSPS) is 13.1. The number of hydrogen-bond acceptors (Lipinski definition) is 6. The predicted octanol–water partition coefficient (Wildman–Crippen LogP) is 4.65. The molecule has 0 spiro atoms. The van der Waals surface area contributed by atoms with Crippen LogP contribution in [0.5, 0.6) is 0 Å². The van der Waals surface area contributed by atoms with Gasteiger partial charge in [-0.1, -0.05) is 26.0 Å². The van der Waals surface area contributed by atoms with Gasteiger partial charge in [-0.2, -0.15) is 13.2 Å². The number of anilines is 1. The van der Waals surface area contributed by atoms with Crippen LogP contribution in [0.15, 0.2) is 48.7 Å². The van der Waals surface area contributed by atoms with Crippen molar-refractivity contribution in [3.63, 3.8) is 0 Å². The summed E-state index contributed by atoms with van der Waals surface area (Å²) in [6.07, 6.45) is -4.40. The number of ether oxygens (including phenoxy) is 1. The third kappa shape index (κ3) is 5.90. The molecule has 0 radical (unpaired) electrons. The molecule has 0 aliphatic carbocycles. The lowest BCUT2D eigenvalue weighted by Gasteiger charge is -2.22. The van der Waals surface area contributed by atoms with Gasteiger partial charge in [0.1, 0.15) is 0 Å². The van der Waals surface area contributed by atoms with Gasteiger partial charge in [-0.05, 0) is 36.2 Å². The molecule has 2 aromatic heterocycles.